The molecule has 1 amide bonds. The maximum Gasteiger partial charge on any atom is 0.258 e. The van der Waals surface area contributed by atoms with Crippen LogP contribution in [0.3, 0.4) is 0 Å². The molecule has 0 bridgehead atoms. The average Bonchev–Trinajstić information content (AvgIpc) is 2.59. The lowest BCUT2D eigenvalue weighted by molar-refractivity contribution is 0.0738. The van der Waals surface area contributed by atoms with E-state index in [1.807, 2.05) is 31.2 Å². The van der Waals surface area contributed by atoms with Crippen LogP contribution in [0.25, 0.3) is 0 Å². The van der Waals surface area contributed by atoms with Gasteiger partial charge in [0.2, 0.25) is 0 Å². The molecule has 5 heteroatoms. The molecule has 0 aromatic heterocycles. The number of carbonyl (C=O) groups is 1. The summed E-state index contributed by atoms with van der Waals surface area (Å²) in [6.45, 7) is 1.97. The van der Waals surface area contributed by atoms with Crippen LogP contribution in [0.2, 0.25) is 5.02 Å². The first kappa shape index (κ1) is 17.2. The zero-order chi connectivity index (χ0) is 17.0. The predicted molar refractivity (Wildman–Crippen MR) is 91.5 cm³/mol. The molecule has 0 radical (unpaired) electrons. The first-order chi connectivity index (χ1) is 11.0. The van der Waals surface area contributed by atoms with Crippen molar-refractivity contribution in [2.24, 2.45) is 0 Å². The number of benzene rings is 2. The summed E-state index contributed by atoms with van der Waals surface area (Å²) in [5.41, 5.74) is 1.47. The highest BCUT2D eigenvalue weighted by atomic mass is 35.5. The maximum atomic E-state index is 12.8. The van der Waals surface area contributed by atoms with Crippen molar-refractivity contribution >= 4 is 17.5 Å². The minimum atomic E-state index is -0.136. The SMILES string of the molecule is COc1cccc(C(=O)N(C)C(C)c2ccc(Cl)cc2)c1OC. The molecule has 0 fully saturated rings. The fourth-order valence-corrected chi connectivity index (χ4v) is 2.51. The third-order valence-corrected chi connectivity index (χ3v) is 4.14. The molecule has 122 valence electrons. The van der Waals surface area contributed by atoms with Gasteiger partial charge in [-0.3, -0.25) is 4.79 Å². The number of amides is 1. The predicted octanol–water partition coefficient (Wildman–Crippen LogP) is 4.19. The first-order valence-corrected chi connectivity index (χ1v) is 7.61. The van der Waals surface area contributed by atoms with E-state index in [4.69, 9.17) is 21.1 Å². The zero-order valence-electron chi connectivity index (χ0n) is 13.7. The molecule has 0 aliphatic heterocycles. The fourth-order valence-electron chi connectivity index (χ4n) is 2.39. The van der Waals surface area contributed by atoms with Gasteiger partial charge in [0.25, 0.3) is 5.91 Å². The van der Waals surface area contributed by atoms with Gasteiger partial charge in [0.1, 0.15) is 0 Å². The molecule has 23 heavy (non-hydrogen) atoms. The Morgan fingerprint density at radius 2 is 1.74 bits per heavy atom. The van der Waals surface area contributed by atoms with Gasteiger partial charge in [-0.2, -0.15) is 0 Å². The molecule has 2 aromatic rings. The van der Waals surface area contributed by atoms with Gasteiger partial charge in [0.05, 0.1) is 25.8 Å². The van der Waals surface area contributed by atoms with Gasteiger partial charge < -0.3 is 14.4 Å². The average molecular weight is 334 g/mol. The normalized spacial score (nSPS) is 11.7. The van der Waals surface area contributed by atoms with Crippen LogP contribution in [0.4, 0.5) is 0 Å². The van der Waals surface area contributed by atoms with E-state index in [-0.39, 0.29) is 11.9 Å². The smallest absolute Gasteiger partial charge is 0.258 e. The minimum Gasteiger partial charge on any atom is -0.493 e. The molecular weight excluding hydrogens is 314 g/mol. The third kappa shape index (κ3) is 3.59. The molecule has 2 rings (SSSR count). The topological polar surface area (TPSA) is 38.8 Å². The number of nitrogens with zero attached hydrogens (tertiary/aromatic N) is 1. The van der Waals surface area contributed by atoms with E-state index in [2.05, 4.69) is 0 Å². The number of rotatable bonds is 5. The Morgan fingerprint density at radius 1 is 1.09 bits per heavy atom. The molecule has 4 nitrogen and oxygen atoms in total. The van der Waals surface area contributed by atoms with Crippen molar-refractivity contribution < 1.29 is 14.3 Å². The van der Waals surface area contributed by atoms with Gasteiger partial charge in [-0.15, -0.1) is 0 Å². The maximum absolute atomic E-state index is 12.8. The summed E-state index contributed by atoms with van der Waals surface area (Å²) in [7, 11) is 4.84. The Balaban J connectivity index is 2.31. The van der Waals surface area contributed by atoms with Crippen LogP contribution < -0.4 is 9.47 Å². The Morgan fingerprint density at radius 3 is 2.30 bits per heavy atom. The number of hydrogen-bond donors (Lipinski definition) is 0. The zero-order valence-corrected chi connectivity index (χ0v) is 14.4. The van der Waals surface area contributed by atoms with Crippen LogP contribution in [0.5, 0.6) is 11.5 Å². The van der Waals surface area contributed by atoms with Gasteiger partial charge in [-0.25, -0.2) is 0 Å². The van der Waals surface area contributed by atoms with E-state index in [0.717, 1.165) is 5.56 Å². The third-order valence-electron chi connectivity index (χ3n) is 3.89. The van der Waals surface area contributed by atoms with E-state index in [9.17, 15) is 4.79 Å². The van der Waals surface area contributed by atoms with Gasteiger partial charge in [-0.1, -0.05) is 29.8 Å². The molecule has 0 aliphatic carbocycles. The highest BCUT2D eigenvalue weighted by molar-refractivity contribution is 6.30. The van der Waals surface area contributed by atoms with E-state index in [1.165, 1.54) is 7.11 Å². The molecular formula is C18H20ClNO3. The van der Waals surface area contributed by atoms with E-state index >= 15 is 0 Å². The van der Waals surface area contributed by atoms with E-state index < -0.39 is 0 Å². The summed E-state index contributed by atoms with van der Waals surface area (Å²) >= 11 is 5.92. The van der Waals surface area contributed by atoms with Crippen LogP contribution in [-0.2, 0) is 0 Å². The number of methoxy groups -OCH3 is 2. The summed E-state index contributed by atoms with van der Waals surface area (Å²) in [5.74, 6) is 0.837. The largest absolute Gasteiger partial charge is 0.493 e. The molecule has 0 N–H and O–H groups in total. The van der Waals surface area contributed by atoms with Gasteiger partial charge >= 0.3 is 0 Å². The van der Waals surface area contributed by atoms with Crippen molar-refractivity contribution in [3.63, 3.8) is 0 Å². The highest BCUT2D eigenvalue weighted by Crippen LogP contribution is 2.32. The van der Waals surface area contributed by atoms with E-state index in [0.29, 0.717) is 22.1 Å². The lowest BCUT2D eigenvalue weighted by Gasteiger charge is -2.26. The minimum absolute atomic E-state index is 0.101. The summed E-state index contributed by atoms with van der Waals surface area (Å²) < 4.78 is 10.6. The Labute approximate surface area is 141 Å². The Hall–Kier alpha value is -2.20. The van der Waals surface area contributed by atoms with Crippen molar-refractivity contribution in [3.05, 3.63) is 58.6 Å². The Kier molecular flexibility index (Phi) is 5.50. The second-order valence-electron chi connectivity index (χ2n) is 5.18. The quantitative estimate of drug-likeness (QED) is 0.823. The standard InChI is InChI=1S/C18H20ClNO3/c1-12(13-8-10-14(19)11-9-13)20(2)18(21)15-6-5-7-16(22-3)17(15)23-4/h5-12H,1-4H3. The van der Waals surface area contributed by atoms with Crippen LogP contribution in [-0.4, -0.2) is 32.1 Å². The van der Waals surface area contributed by atoms with Gasteiger partial charge in [0.15, 0.2) is 11.5 Å². The molecule has 0 heterocycles. The van der Waals surface area contributed by atoms with Crippen LogP contribution >= 0.6 is 11.6 Å². The second-order valence-corrected chi connectivity index (χ2v) is 5.62. The number of ether oxygens (including phenoxy) is 2. The lowest BCUT2D eigenvalue weighted by atomic mass is 10.1. The summed E-state index contributed by atoms with van der Waals surface area (Å²) in [6.07, 6.45) is 0. The van der Waals surface area contributed by atoms with E-state index in [1.54, 1.807) is 37.3 Å². The monoisotopic (exact) mass is 333 g/mol. The van der Waals surface area contributed by atoms with Crippen LogP contribution in [0, 0.1) is 0 Å². The van der Waals surface area contributed by atoms with Crippen molar-refractivity contribution in [1.29, 1.82) is 0 Å². The number of hydrogen-bond acceptors (Lipinski definition) is 3. The summed E-state index contributed by atoms with van der Waals surface area (Å²) in [4.78, 5) is 14.5. The molecule has 0 saturated heterocycles. The molecule has 2 aromatic carbocycles. The number of halogens is 1. The fraction of sp³-hybridized carbons (Fsp3) is 0.278. The second kappa shape index (κ2) is 7.38. The first-order valence-electron chi connectivity index (χ1n) is 7.23. The number of carbonyl (C=O) groups excluding carboxylic acids is 1. The molecule has 0 saturated carbocycles. The van der Waals surface area contributed by atoms with Crippen LogP contribution in [0.1, 0.15) is 28.9 Å². The lowest BCUT2D eigenvalue weighted by Crippen LogP contribution is -2.30. The van der Waals surface area contributed by atoms with Crippen LogP contribution in [0.15, 0.2) is 42.5 Å². The van der Waals surface area contributed by atoms with Crippen molar-refractivity contribution in [3.8, 4) is 11.5 Å². The van der Waals surface area contributed by atoms with Crippen molar-refractivity contribution in [1.82, 2.24) is 4.90 Å². The highest BCUT2D eigenvalue weighted by Gasteiger charge is 2.23. The molecule has 1 unspecified atom stereocenters. The molecule has 1 atom stereocenters. The Bertz CT molecular complexity index is 685. The van der Waals surface area contributed by atoms with Crippen molar-refractivity contribution in [2.75, 3.05) is 21.3 Å². The summed E-state index contributed by atoms with van der Waals surface area (Å²) in [5, 5.41) is 0.671. The summed E-state index contributed by atoms with van der Waals surface area (Å²) in [6, 6.07) is 12.6. The van der Waals surface area contributed by atoms with Gasteiger partial charge in [0, 0.05) is 12.1 Å². The van der Waals surface area contributed by atoms with Gasteiger partial charge in [-0.05, 0) is 36.8 Å². The number of para-hydroxylation sites is 1. The molecule has 0 spiro atoms. The van der Waals surface area contributed by atoms with Crippen molar-refractivity contribution in [2.45, 2.75) is 13.0 Å². The molecule has 0 aliphatic rings.